The van der Waals surface area contributed by atoms with Gasteiger partial charge in [0, 0.05) is 57.4 Å². The largest absolute Gasteiger partial charge is 0.481 e. The van der Waals surface area contributed by atoms with E-state index in [-0.39, 0.29) is 12.0 Å². The van der Waals surface area contributed by atoms with Crippen molar-refractivity contribution in [3.8, 4) is 5.88 Å². The summed E-state index contributed by atoms with van der Waals surface area (Å²) in [6.07, 6.45) is 4.82. The van der Waals surface area contributed by atoms with Gasteiger partial charge in [0.15, 0.2) is 0 Å². The van der Waals surface area contributed by atoms with Crippen molar-refractivity contribution in [2.24, 2.45) is 11.8 Å². The summed E-state index contributed by atoms with van der Waals surface area (Å²) < 4.78 is 10.8. The first kappa shape index (κ1) is 18.1. The van der Waals surface area contributed by atoms with Crippen LogP contribution in [0, 0.1) is 11.8 Å². The molecule has 138 valence electrons. The van der Waals surface area contributed by atoms with Crippen molar-refractivity contribution >= 4 is 5.91 Å². The normalized spacial score (nSPS) is 22.4. The summed E-state index contributed by atoms with van der Waals surface area (Å²) in [6, 6.07) is 3.99. The fraction of sp³-hybridized carbons (Fsp3) is 0.684. The molecule has 0 bridgehead atoms. The number of pyridine rings is 1. The Hall–Kier alpha value is -1.66. The lowest BCUT2D eigenvalue weighted by Gasteiger charge is -2.39. The molecule has 1 amide bonds. The van der Waals surface area contributed by atoms with E-state index in [1.54, 1.807) is 13.3 Å². The number of rotatable bonds is 8. The molecule has 0 saturated carbocycles. The molecule has 2 fully saturated rings. The van der Waals surface area contributed by atoms with E-state index >= 15 is 0 Å². The zero-order chi connectivity index (χ0) is 17.6. The molecule has 6 nitrogen and oxygen atoms in total. The van der Waals surface area contributed by atoms with Gasteiger partial charge in [0.2, 0.25) is 11.8 Å². The molecule has 2 saturated heterocycles. The number of aromatic nitrogens is 1. The predicted molar refractivity (Wildman–Crippen MR) is 95.3 cm³/mol. The van der Waals surface area contributed by atoms with Gasteiger partial charge in [-0.05, 0) is 30.4 Å². The average molecular weight is 347 g/mol. The quantitative estimate of drug-likeness (QED) is 0.777. The minimum absolute atomic E-state index is 0.153. The SMILES string of the molecule is COc1cc(CN2CC(CNC(=O)CC(C)C3CCCO3)C2)ccn1. The molecule has 0 aromatic carbocycles. The van der Waals surface area contributed by atoms with E-state index in [0.29, 0.717) is 24.1 Å². The smallest absolute Gasteiger partial charge is 0.220 e. The van der Waals surface area contributed by atoms with Gasteiger partial charge in [-0.1, -0.05) is 6.92 Å². The summed E-state index contributed by atoms with van der Waals surface area (Å²) in [5.41, 5.74) is 1.21. The van der Waals surface area contributed by atoms with Gasteiger partial charge >= 0.3 is 0 Å². The molecule has 0 aliphatic carbocycles. The van der Waals surface area contributed by atoms with E-state index in [1.165, 1.54) is 5.56 Å². The van der Waals surface area contributed by atoms with Crippen molar-refractivity contribution < 1.29 is 14.3 Å². The van der Waals surface area contributed by atoms with Gasteiger partial charge in [0.25, 0.3) is 0 Å². The van der Waals surface area contributed by atoms with Crippen LogP contribution in [0.3, 0.4) is 0 Å². The van der Waals surface area contributed by atoms with Crippen LogP contribution in [0.25, 0.3) is 0 Å². The third-order valence-electron chi connectivity index (χ3n) is 5.14. The van der Waals surface area contributed by atoms with Crippen LogP contribution in [-0.4, -0.2) is 55.2 Å². The van der Waals surface area contributed by atoms with E-state index in [0.717, 1.165) is 45.6 Å². The van der Waals surface area contributed by atoms with Gasteiger partial charge in [0.1, 0.15) is 0 Å². The third kappa shape index (κ3) is 5.16. The number of methoxy groups -OCH3 is 1. The summed E-state index contributed by atoms with van der Waals surface area (Å²) in [7, 11) is 1.63. The minimum Gasteiger partial charge on any atom is -0.481 e. The first-order valence-electron chi connectivity index (χ1n) is 9.23. The number of hydrogen-bond donors (Lipinski definition) is 1. The lowest BCUT2D eigenvalue weighted by atomic mass is 9.97. The fourth-order valence-corrected chi connectivity index (χ4v) is 3.66. The van der Waals surface area contributed by atoms with Crippen LogP contribution in [-0.2, 0) is 16.1 Å². The van der Waals surface area contributed by atoms with Crippen molar-refractivity contribution in [3.05, 3.63) is 23.9 Å². The first-order chi connectivity index (χ1) is 12.1. The van der Waals surface area contributed by atoms with Crippen LogP contribution in [0.1, 0.15) is 31.7 Å². The van der Waals surface area contributed by atoms with Crippen molar-refractivity contribution in [2.45, 2.75) is 38.8 Å². The standard InChI is InChI=1S/C19H29N3O3/c1-14(17-4-3-7-25-17)8-18(23)21-10-16-12-22(13-16)11-15-5-6-20-19(9-15)24-2/h5-6,9,14,16-17H,3-4,7-8,10-13H2,1-2H3,(H,21,23). The Balaban J connectivity index is 1.31. The highest BCUT2D eigenvalue weighted by Gasteiger charge is 2.28. The summed E-state index contributed by atoms with van der Waals surface area (Å²) in [6.45, 7) is 6.67. The lowest BCUT2D eigenvalue weighted by Crippen LogP contribution is -2.50. The molecule has 3 rings (SSSR count). The lowest BCUT2D eigenvalue weighted by molar-refractivity contribution is -0.123. The van der Waals surface area contributed by atoms with Gasteiger partial charge in [0.05, 0.1) is 13.2 Å². The predicted octanol–water partition coefficient (Wildman–Crippen LogP) is 1.84. The highest BCUT2D eigenvalue weighted by molar-refractivity contribution is 5.76. The molecular weight excluding hydrogens is 318 g/mol. The summed E-state index contributed by atoms with van der Waals surface area (Å²) in [5.74, 6) is 1.66. The van der Waals surface area contributed by atoms with E-state index in [1.807, 2.05) is 12.1 Å². The van der Waals surface area contributed by atoms with Gasteiger partial charge in [-0.15, -0.1) is 0 Å². The van der Waals surface area contributed by atoms with Crippen LogP contribution in [0.4, 0.5) is 0 Å². The second-order valence-electron chi connectivity index (χ2n) is 7.30. The topological polar surface area (TPSA) is 63.7 Å². The molecule has 2 unspecified atom stereocenters. The summed E-state index contributed by atoms with van der Waals surface area (Å²) in [4.78, 5) is 18.6. The zero-order valence-electron chi connectivity index (χ0n) is 15.2. The fourth-order valence-electron chi connectivity index (χ4n) is 3.66. The second-order valence-corrected chi connectivity index (χ2v) is 7.30. The molecular formula is C19H29N3O3. The first-order valence-corrected chi connectivity index (χ1v) is 9.23. The molecule has 6 heteroatoms. The van der Waals surface area contributed by atoms with Gasteiger partial charge < -0.3 is 14.8 Å². The Kier molecular flexibility index (Phi) is 6.26. The molecule has 25 heavy (non-hydrogen) atoms. The molecule has 1 aromatic heterocycles. The average Bonchev–Trinajstić information content (AvgIpc) is 3.11. The maximum atomic E-state index is 12.1. The molecule has 3 heterocycles. The number of nitrogens with one attached hydrogen (secondary N) is 1. The number of amides is 1. The molecule has 1 N–H and O–H groups in total. The van der Waals surface area contributed by atoms with Crippen LogP contribution in [0.2, 0.25) is 0 Å². The molecule has 0 spiro atoms. The molecule has 1 aromatic rings. The number of ether oxygens (including phenoxy) is 2. The maximum Gasteiger partial charge on any atom is 0.220 e. The summed E-state index contributed by atoms with van der Waals surface area (Å²) >= 11 is 0. The number of hydrogen-bond acceptors (Lipinski definition) is 5. The zero-order valence-corrected chi connectivity index (χ0v) is 15.2. The monoisotopic (exact) mass is 347 g/mol. The number of nitrogens with zero attached hydrogens (tertiary/aromatic N) is 2. The van der Waals surface area contributed by atoms with Crippen LogP contribution in [0.5, 0.6) is 5.88 Å². The van der Waals surface area contributed by atoms with E-state index in [2.05, 4.69) is 22.1 Å². The van der Waals surface area contributed by atoms with Crippen molar-refractivity contribution in [2.75, 3.05) is 33.4 Å². The van der Waals surface area contributed by atoms with Crippen LogP contribution < -0.4 is 10.1 Å². The van der Waals surface area contributed by atoms with E-state index in [9.17, 15) is 4.79 Å². The van der Waals surface area contributed by atoms with Crippen molar-refractivity contribution in [1.82, 2.24) is 15.2 Å². The molecule has 2 aliphatic heterocycles. The van der Waals surface area contributed by atoms with E-state index < -0.39 is 0 Å². The minimum atomic E-state index is 0.153. The van der Waals surface area contributed by atoms with Crippen LogP contribution >= 0.6 is 0 Å². The van der Waals surface area contributed by atoms with Gasteiger partial charge in [-0.3, -0.25) is 9.69 Å². The second kappa shape index (κ2) is 8.63. The highest BCUT2D eigenvalue weighted by Crippen LogP contribution is 2.23. The van der Waals surface area contributed by atoms with Gasteiger partial charge in [-0.25, -0.2) is 4.98 Å². The Bertz CT molecular complexity index is 569. The third-order valence-corrected chi connectivity index (χ3v) is 5.14. The van der Waals surface area contributed by atoms with Crippen molar-refractivity contribution in [1.29, 1.82) is 0 Å². The number of carbonyl (C=O) groups excluding carboxylic acids is 1. The van der Waals surface area contributed by atoms with Gasteiger partial charge in [-0.2, -0.15) is 0 Å². The Morgan fingerprint density at radius 1 is 1.52 bits per heavy atom. The summed E-state index contributed by atoms with van der Waals surface area (Å²) in [5, 5.41) is 3.09. The molecule has 2 atom stereocenters. The Morgan fingerprint density at radius 3 is 3.08 bits per heavy atom. The number of carbonyl (C=O) groups is 1. The number of likely N-dealkylation sites (tertiary alicyclic amines) is 1. The molecule has 2 aliphatic rings. The van der Waals surface area contributed by atoms with Crippen LogP contribution in [0.15, 0.2) is 18.3 Å². The Labute approximate surface area is 149 Å². The Morgan fingerprint density at radius 2 is 2.36 bits per heavy atom. The van der Waals surface area contributed by atoms with Crippen molar-refractivity contribution in [3.63, 3.8) is 0 Å². The highest BCUT2D eigenvalue weighted by atomic mass is 16.5. The maximum absolute atomic E-state index is 12.1. The van der Waals surface area contributed by atoms with E-state index in [4.69, 9.17) is 9.47 Å². The molecule has 0 radical (unpaired) electrons.